The van der Waals surface area contributed by atoms with Gasteiger partial charge in [0, 0.05) is 36.0 Å². The van der Waals surface area contributed by atoms with Crippen LogP contribution in [0.5, 0.6) is 5.88 Å². The number of rotatable bonds is 11. The fraction of sp³-hybridized carbons (Fsp3) is 0.226. The Kier molecular flexibility index (Phi) is 8.12. The average Bonchev–Trinajstić information content (AvgIpc) is 3.55. The molecule has 2 aromatic carbocycles. The predicted molar refractivity (Wildman–Crippen MR) is 147 cm³/mol. The second-order valence-electron chi connectivity index (χ2n) is 9.05. The van der Waals surface area contributed by atoms with E-state index in [1.807, 2.05) is 97.5 Å². The molecule has 0 fully saturated rings. The molecule has 0 aliphatic heterocycles. The van der Waals surface area contributed by atoms with Crippen molar-refractivity contribution in [3.8, 4) is 28.6 Å². The molecule has 8 heteroatoms. The van der Waals surface area contributed by atoms with Gasteiger partial charge in [-0.2, -0.15) is 5.10 Å². The van der Waals surface area contributed by atoms with E-state index in [1.165, 1.54) is 0 Å². The van der Waals surface area contributed by atoms with E-state index in [9.17, 15) is 4.79 Å². The van der Waals surface area contributed by atoms with Gasteiger partial charge in [-0.1, -0.05) is 54.6 Å². The van der Waals surface area contributed by atoms with Gasteiger partial charge in [0.05, 0.1) is 18.8 Å². The maximum Gasteiger partial charge on any atom is 0.306 e. The molecule has 8 nitrogen and oxygen atoms in total. The van der Waals surface area contributed by atoms with Gasteiger partial charge in [-0.05, 0) is 43.5 Å². The number of oxazole rings is 1. The lowest BCUT2D eigenvalue weighted by Crippen LogP contribution is -2.05. The van der Waals surface area contributed by atoms with Gasteiger partial charge in [-0.25, -0.2) is 9.97 Å². The molecular formula is C31H30N4O4. The molecule has 0 spiro atoms. The Bertz CT molecular complexity index is 1510. The van der Waals surface area contributed by atoms with Gasteiger partial charge in [0.15, 0.2) is 0 Å². The number of benzene rings is 2. The minimum Gasteiger partial charge on any atom is -0.471 e. The first-order valence-corrected chi connectivity index (χ1v) is 13.0. The number of carbonyl (C=O) groups is 1. The number of nitrogens with zero attached hydrogens (tertiary/aromatic N) is 4. The van der Waals surface area contributed by atoms with E-state index in [2.05, 4.69) is 9.97 Å². The highest BCUT2D eigenvalue weighted by Crippen LogP contribution is 2.25. The molecule has 5 aromatic rings. The van der Waals surface area contributed by atoms with E-state index in [4.69, 9.17) is 19.0 Å². The monoisotopic (exact) mass is 522 g/mol. The Hall–Kier alpha value is -4.72. The molecule has 0 unspecified atom stereocenters. The fourth-order valence-electron chi connectivity index (χ4n) is 4.22. The minimum atomic E-state index is -0.207. The van der Waals surface area contributed by atoms with Crippen LogP contribution in [0.4, 0.5) is 0 Å². The van der Waals surface area contributed by atoms with Crippen LogP contribution in [-0.2, 0) is 29.1 Å². The average molecular weight is 523 g/mol. The number of esters is 1. The maximum absolute atomic E-state index is 11.9. The second-order valence-corrected chi connectivity index (χ2v) is 9.05. The second kappa shape index (κ2) is 12.2. The van der Waals surface area contributed by atoms with Crippen LogP contribution in [0.2, 0.25) is 0 Å². The van der Waals surface area contributed by atoms with E-state index in [-0.39, 0.29) is 12.6 Å². The molecule has 39 heavy (non-hydrogen) atoms. The third-order valence-corrected chi connectivity index (χ3v) is 6.20. The third kappa shape index (κ3) is 6.59. The molecule has 3 aromatic heterocycles. The van der Waals surface area contributed by atoms with Gasteiger partial charge < -0.3 is 13.9 Å². The molecule has 0 radical (unpaired) electrons. The topological polar surface area (TPSA) is 92.3 Å². The Balaban J connectivity index is 1.24. The molecule has 0 N–H and O–H groups in total. The summed E-state index contributed by atoms with van der Waals surface area (Å²) in [6, 6.07) is 23.6. The normalized spacial score (nSPS) is 10.9. The standard InChI is InChI=1S/C31H30N4O4/c1-3-37-29(36)17-15-26-20-35(34-30(26)24-10-6-4-7-11-24)19-23-14-16-28(32-18-23)38-21-27-22(2)39-31(33-27)25-12-8-5-9-13-25/h4-14,16,18,20H,3,15,17,19,21H2,1-2H3. The van der Waals surface area contributed by atoms with Crippen LogP contribution in [0.15, 0.2) is 89.6 Å². The molecule has 0 aliphatic rings. The number of ether oxygens (including phenoxy) is 2. The molecular weight excluding hydrogens is 492 g/mol. The lowest BCUT2D eigenvalue weighted by atomic mass is 10.0. The highest BCUT2D eigenvalue weighted by molar-refractivity contribution is 5.71. The first kappa shape index (κ1) is 25.9. The number of aromatic nitrogens is 4. The molecule has 0 amide bonds. The van der Waals surface area contributed by atoms with Gasteiger partial charge in [0.1, 0.15) is 18.1 Å². The van der Waals surface area contributed by atoms with Crippen molar-refractivity contribution in [1.29, 1.82) is 0 Å². The van der Waals surface area contributed by atoms with E-state index in [1.54, 1.807) is 6.20 Å². The zero-order chi connectivity index (χ0) is 27.0. The molecule has 0 bridgehead atoms. The number of hydrogen-bond acceptors (Lipinski definition) is 7. The summed E-state index contributed by atoms with van der Waals surface area (Å²) in [5, 5.41) is 4.82. The predicted octanol–water partition coefficient (Wildman–Crippen LogP) is 6.03. The number of pyridine rings is 1. The molecule has 198 valence electrons. The van der Waals surface area contributed by atoms with Gasteiger partial charge in [0.2, 0.25) is 11.8 Å². The largest absolute Gasteiger partial charge is 0.471 e. The van der Waals surface area contributed by atoms with Crippen molar-refractivity contribution in [2.45, 2.75) is 39.8 Å². The minimum absolute atomic E-state index is 0.207. The Morgan fingerprint density at radius 1 is 0.974 bits per heavy atom. The summed E-state index contributed by atoms with van der Waals surface area (Å²) in [5.74, 6) is 1.59. The van der Waals surface area contributed by atoms with Crippen LogP contribution < -0.4 is 4.74 Å². The summed E-state index contributed by atoms with van der Waals surface area (Å²) in [6.07, 6.45) is 4.64. The maximum atomic E-state index is 11.9. The van der Waals surface area contributed by atoms with Crippen LogP contribution in [-0.4, -0.2) is 32.3 Å². The van der Waals surface area contributed by atoms with Crippen molar-refractivity contribution in [3.05, 3.63) is 108 Å². The van der Waals surface area contributed by atoms with E-state index >= 15 is 0 Å². The third-order valence-electron chi connectivity index (χ3n) is 6.20. The van der Waals surface area contributed by atoms with Crippen LogP contribution in [0, 0.1) is 6.92 Å². The summed E-state index contributed by atoms with van der Waals surface area (Å²) in [4.78, 5) is 21.0. The van der Waals surface area contributed by atoms with Crippen LogP contribution >= 0.6 is 0 Å². The van der Waals surface area contributed by atoms with Crippen LogP contribution in [0.25, 0.3) is 22.7 Å². The van der Waals surface area contributed by atoms with Crippen LogP contribution in [0.1, 0.15) is 35.9 Å². The van der Waals surface area contributed by atoms with Crippen molar-refractivity contribution >= 4 is 5.97 Å². The molecule has 0 saturated heterocycles. The molecule has 0 atom stereocenters. The Morgan fingerprint density at radius 3 is 2.41 bits per heavy atom. The zero-order valence-corrected chi connectivity index (χ0v) is 22.0. The van der Waals surface area contributed by atoms with E-state index in [0.29, 0.717) is 37.8 Å². The van der Waals surface area contributed by atoms with Crippen molar-refractivity contribution in [2.75, 3.05) is 6.61 Å². The molecule has 0 aliphatic carbocycles. The molecule has 5 rings (SSSR count). The summed E-state index contributed by atoms with van der Waals surface area (Å²) in [6.45, 7) is 4.87. The summed E-state index contributed by atoms with van der Waals surface area (Å²) in [5.41, 5.74) is 5.51. The van der Waals surface area contributed by atoms with Gasteiger partial charge in [-0.3, -0.25) is 9.48 Å². The summed E-state index contributed by atoms with van der Waals surface area (Å²) in [7, 11) is 0. The van der Waals surface area contributed by atoms with Gasteiger partial charge in [-0.15, -0.1) is 0 Å². The number of hydrogen-bond donors (Lipinski definition) is 0. The van der Waals surface area contributed by atoms with Gasteiger partial charge in [0.25, 0.3) is 0 Å². The van der Waals surface area contributed by atoms with Crippen molar-refractivity contribution < 1.29 is 18.7 Å². The lowest BCUT2D eigenvalue weighted by molar-refractivity contribution is -0.143. The number of carbonyl (C=O) groups excluding carboxylic acids is 1. The highest BCUT2D eigenvalue weighted by Gasteiger charge is 2.15. The Labute approximate surface area is 227 Å². The fourth-order valence-corrected chi connectivity index (χ4v) is 4.22. The number of aryl methyl sites for hydroxylation is 2. The van der Waals surface area contributed by atoms with Gasteiger partial charge >= 0.3 is 5.97 Å². The summed E-state index contributed by atoms with van der Waals surface area (Å²) < 4.78 is 18.7. The smallest absolute Gasteiger partial charge is 0.306 e. The van der Waals surface area contributed by atoms with Crippen molar-refractivity contribution in [1.82, 2.24) is 19.7 Å². The first-order chi connectivity index (χ1) is 19.1. The first-order valence-electron chi connectivity index (χ1n) is 13.0. The van der Waals surface area contributed by atoms with Crippen LogP contribution in [0.3, 0.4) is 0 Å². The quantitative estimate of drug-likeness (QED) is 0.196. The lowest BCUT2D eigenvalue weighted by Gasteiger charge is -2.05. The SMILES string of the molecule is CCOC(=O)CCc1cn(Cc2ccc(OCc3nc(-c4ccccc4)oc3C)nc2)nc1-c1ccccc1. The summed E-state index contributed by atoms with van der Waals surface area (Å²) >= 11 is 0. The van der Waals surface area contributed by atoms with E-state index in [0.717, 1.165) is 39.4 Å². The molecule has 3 heterocycles. The Morgan fingerprint density at radius 2 is 1.72 bits per heavy atom. The van der Waals surface area contributed by atoms with Crippen molar-refractivity contribution in [2.24, 2.45) is 0 Å². The van der Waals surface area contributed by atoms with E-state index < -0.39 is 0 Å². The highest BCUT2D eigenvalue weighted by atomic mass is 16.5. The zero-order valence-electron chi connectivity index (χ0n) is 22.0. The van der Waals surface area contributed by atoms with Crippen molar-refractivity contribution in [3.63, 3.8) is 0 Å². The molecule has 0 saturated carbocycles.